The molecular formula is C19H18N6. The number of fused-ring (bicyclic) bond motifs is 2. The smallest absolute Gasteiger partial charge is 0.227 e. The molecule has 0 atom stereocenters. The van der Waals surface area contributed by atoms with Crippen LogP contribution in [0.1, 0.15) is 30.1 Å². The van der Waals surface area contributed by atoms with E-state index in [0.29, 0.717) is 17.6 Å². The fourth-order valence-corrected chi connectivity index (χ4v) is 3.18. The fourth-order valence-electron chi connectivity index (χ4n) is 3.18. The monoisotopic (exact) mass is 330 g/mol. The molecule has 0 radical (unpaired) electrons. The van der Waals surface area contributed by atoms with E-state index in [9.17, 15) is 0 Å². The number of nitrogen functional groups attached to an aromatic ring is 1. The topological polar surface area (TPSA) is 92.5 Å². The van der Waals surface area contributed by atoms with E-state index < -0.39 is 0 Å². The molecule has 6 heteroatoms. The summed E-state index contributed by atoms with van der Waals surface area (Å²) in [5.41, 5.74) is 11.6. The molecule has 1 saturated carbocycles. The quantitative estimate of drug-likeness (QED) is 0.493. The van der Waals surface area contributed by atoms with Crippen molar-refractivity contribution in [3.63, 3.8) is 0 Å². The summed E-state index contributed by atoms with van der Waals surface area (Å²) in [5, 5.41) is 4.29. The molecule has 1 aliphatic rings. The maximum Gasteiger partial charge on any atom is 0.227 e. The molecule has 0 saturated heterocycles. The van der Waals surface area contributed by atoms with Crippen LogP contribution in [0.5, 0.6) is 0 Å². The lowest BCUT2D eigenvalue weighted by Gasteiger charge is -2.08. The average Bonchev–Trinajstić information content (AvgIpc) is 3.35. The molecule has 0 spiro atoms. The summed E-state index contributed by atoms with van der Waals surface area (Å²) < 4.78 is 0. The number of aromatic nitrogens is 4. The molecule has 4 aromatic rings. The van der Waals surface area contributed by atoms with E-state index in [-0.39, 0.29) is 0 Å². The highest BCUT2D eigenvalue weighted by Crippen LogP contribution is 2.40. The average molecular weight is 330 g/mol. The van der Waals surface area contributed by atoms with Crippen molar-refractivity contribution < 1.29 is 0 Å². The molecule has 0 unspecified atom stereocenters. The summed E-state index contributed by atoms with van der Waals surface area (Å²) in [6, 6.07) is 9.97. The standard InChI is InChI=1S/C19H18N6/c1-10-3-2-4-12-9-21-19(25-16(10)12)22-13-7-14(20)17-15(8-13)23-18(24-17)11-5-6-11/h2-4,7-9,11H,5-6,20H2,1H3,(H,23,24)(H,21,22,25). The van der Waals surface area contributed by atoms with Gasteiger partial charge in [0.1, 0.15) is 11.3 Å². The largest absolute Gasteiger partial charge is 0.397 e. The van der Waals surface area contributed by atoms with Crippen LogP contribution in [0, 0.1) is 6.92 Å². The third-order valence-electron chi connectivity index (χ3n) is 4.67. The van der Waals surface area contributed by atoms with Crippen LogP contribution in [0.25, 0.3) is 21.9 Å². The summed E-state index contributed by atoms with van der Waals surface area (Å²) in [6.45, 7) is 2.05. The molecule has 2 aromatic carbocycles. The summed E-state index contributed by atoms with van der Waals surface area (Å²) in [5.74, 6) is 2.16. The molecule has 4 N–H and O–H groups in total. The van der Waals surface area contributed by atoms with Gasteiger partial charge in [-0.3, -0.25) is 0 Å². The van der Waals surface area contributed by atoms with Gasteiger partial charge in [-0.15, -0.1) is 0 Å². The Morgan fingerprint density at radius 2 is 2.04 bits per heavy atom. The summed E-state index contributed by atoms with van der Waals surface area (Å²) in [4.78, 5) is 17.1. The Kier molecular flexibility index (Phi) is 2.94. The second-order valence-electron chi connectivity index (χ2n) is 6.69. The number of benzene rings is 2. The van der Waals surface area contributed by atoms with Crippen molar-refractivity contribution in [2.24, 2.45) is 0 Å². The van der Waals surface area contributed by atoms with E-state index in [1.54, 1.807) is 0 Å². The van der Waals surface area contributed by atoms with Crippen LogP contribution in [0.4, 0.5) is 17.3 Å². The van der Waals surface area contributed by atoms with Gasteiger partial charge >= 0.3 is 0 Å². The van der Waals surface area contributed by atoms with Crippen LogP contribution in [0.2, 0.25) is 0 Å². The Morgan fingerprint density at radius 1 is 1.16 bits per heavy atom. The molecule has 2 aromatic heterocycles. The zero-order valence-corrected chi connectivity index (χ0v) is 13.9. The maximum absolute atomic E-state index is 6.20. The summed E-state index contributed by atoms with van der Waals surface area (Å²) >= 11 is 0. The van der Waals surface area contributed by atoms with Gasteiger partial charge in [-0.05, 0) is 37.5 Å². The van der Waals surface area contributed by atoms with E-state index in [1.165, 1.54) is 12.8 Å². The summed E-state index contributed by atoms with van der Waals surface area (Å²) in [7, 11) is 0. The molecule has 0 amide bonds. The van der Waals surface area contributed by atoms with Crippen LogP contribution in [-0.4, -0.2) is 19.9 Å². The van der Waals surface area contributed by atoms with Gasteiger partial charge in [-0.25, -0.2) is 15.0 Å². The van der Waals surface area contributed by atoms with Crippen LogP contribution < -0.4 is 11.1 Å². The van der Waals surface area contributed by atoms with E-state index in [1.807, 2.05) is 43.5 Å². The van der Waals surface area contributed by atoms with Crippen molar-refractivity contribution in [3.05, 3.63) is 47.9 Å². The van der Waals surface area contributed by atoms with Crippen LogP contribution >= 0.6 is 0 Å². The summed E-state index contributed by atoms with van der Waals surface area (Å²) in [6.07, 6.45) is 4.24. The second-order valence-corrected chi connectivity index (χ2v) is 6.69. The van der Waals surface area contributed by atoms with Gasteiger partial charge in [-0.1, -0.05) is 18.2 Å². The molecule has 1 fully saturated rings. The molecule has 124 valence electrons. The van der Waals surface area contributed by atoms with Gasteiger partial charge in [0.15, 0.2) is 0 Å². The van der Waals surface area contributed by atoms with Crippen molar-refractivity contribution >= 4 is 39.3 Å². The van der Waals surface area contributed by atoms with E-state index in [2.05, 4.69) is 25.3 Å². The number of hydrogen-bond donors (Lipinski definition) is 3. The van der Waals surface area contributed by atoms with E-state index in [0.717, 1.165) is 39.0 Å². The number of para-hydroxylation sites is 1. The minimum Gasteiger partial charge on any atom is -0.397 e. The molecule has 0 bridgehead atoms. The normalized spacial score (nSPS) is 14.3. The number of rotatable bonds is 3. The Morgan fingerprint density at radius 3 is 2.88 bits per heavy atom. The number of nitrogens with one attached hydrogen (secondary N) is 2. The number of imidazole rings is 1. The SMILES string of the molecule is Cc1cccc2cnc(Nc3cc(N)c4nc(C5CC5)[nH]c4c3)nc12. The maximum atomic E-state index is 6.20. The lowest BCUT2D eigenvalue weighted by molar-refractivity contribution is 0.987. The molecule has 2 heterocycles. The Balaban J connectivity index is 1.53. The highest BCUT2D eigenvalue weighted by Gasteiger charge is 2.27. The third-order valence-corrected chi connectivity index (χ3v) is 4.67. The van der Waals surface area contributed by atoms with Crippen molar-refractivity contribution in [1.82, 2.24) is 19.9 Å². The van der Waals surface area contributed by atoms with E-state index >= 15 is 0 Å². The zero-order valence-electron chi connectivity index (χ0n) is 13.9. The first-order valence-corrected chi connectivity index (χ1v) is 8.46. The van der Waals surface area contributed by atoms with Crippen LogP contribution in [0.3, 0.4) is 0 Å². The van der Waals surface area contributed by atoms with Gasteiger partial charge < -0.3 is 16.0 Å². The van der Waals surface area contributed by atoms with Gasteiger partial charge in [0, 0.05) is 23.2 Å². The lowest BCUT2D eigenvalue weighted by atomic mass is 10.1. The number of H-pyrrole nitrogens is 1. The first-order chi connectivity index (χ1) is 12.2. The van der Waals surface area contributed by atoms with E-state index in [4.69, 9.17) is 5.73 Å². The molecular weight excluding hydrogens is 312 g/mol. The number of aryl methyl sites for hydroxylation is 1. The van der Waals surface area contributed by atoms with Gasteiger partial charge in [0.05, 0.1) is 16.7 Å². The number of nitrogens with two attached hydrogens (primary N) is 1. The van der Waals surface area contributed by atoms with Crippen molar-refractivity contribution in [3.8, 4) is 0 Å². The first-order valence-electron chi connectivity index (χ1n) is 8.46. The Hall–Kier alpha value is -3.15. The van der Waals surface area contributed by atoms with Gasteiger partial charge in [0.25, 0.3) is 0 Å². The number of hydrogen-bond acceptors (Lipinski definition) is 5. The molecule has 6 nitrogen and oxygen atoms in total. The predicted molar refractivity (Wildman–Crippen MR) is 100 cm³/mol. The highest BCUT2D eigenvalue weighted by molar-refractivity contribution is 5.91. The molecule has 5 rings (SSSR count). The predicted octanol–water partition coefficient (Wildman–Crippen LogP) is 4.02. The molecule has 25 heavy (non-hydrogen) atoms. The highest BCUT2D eigenvalue weighted by atomic mass is 15.1. The van der Waals surface area contributed by atoms with Gasteiger partial charge in [0.2, 0.25) is 5.95 Å². The Labute approximate surface area is 144 Å². The van der Waals surface area contributed by atoms with Crippen molar-refractivity contribution in [2.45, 2.75) is 25.7 Å². The zero-order chi connectivity index (χ0) is 17.0. The minimum absolute atomic E-state index is 0.558. The van der Waals surface area contributed by atoms with Crippen LogP contribution in [-0.2, 0) is 0 Å². The Bertz CT molecular complexity index is 1110. The lowest BCUT2D eigenvalue weighted by Crippen LogP contribution is -1.99. The first kappa shape index (κ1) is 14.2. The molecule has 1 aliphatic carbocycles. The van der Waals surface area contributed by atoms with Gasteiger partial charge in [-0.2, -0.15) is 0 Å². The number of nitrogens with zero attached hydrogens (tertiary/aromatic N) is 3. The second kappa shape index (κ2) is 5.17. The minimum atomic E-state index is 0.558. The van der Waals surface area contributed by atoms with Crippen molar-refractivity contribution in [2.75, 3.05) is 11.1 Å². The fraction of sp³-hybridized carbons (Fsp3) is 0.211. The van der Waals surface area contributed by atoms with Crippen molar-refractivity contribution in [1.29, 1.82) is 0 Å². The third kappa shape index (κ3) is 2.46. The number of aromatic amines is 1. The number of anilines is 3. The van der Waals surface area contributed by atoms with Crippen LogP contribution in [0.15, 0.2) is 36.5 Å². The molecule has 0 aliphatic heterocycles.